The van der Waals surface area contributed by atoms with Crippen LogP contribution in [0.4, 0.5) is 5.82 Å². The Morgan fingerprint density at radius 1 is 1.16 bits per heavy atom. The molecule has 1 aromatic carbocycles. The van der Waals surface area contributed by atoms with Gasteiger partial charge in [-0.05, 0) is 61.9 Å². The number of nitrogens with one attached hydrogen (secondary N) is 2. The molecule has 0 aliphatic carbocycles. The zero-order chi connectivity index (χ0) is 22.1. The van der Waals surface area contributed by atoms with Crippen LogP contribution in [-0.4, -0.2) is 25.7 Å². The molecule has 0 saturated heterocycles. The molecule has 0 radical (unpaired) electrons. The van der Waals surface area contributed by atoms with Crippen molar-refractivity contribution in [1.82, 2.24) is 19.7 Å². The van der Waals surface area contributed by atoms with Gasteiger partial charge in [-0.2, -0.15) is 9.78 Å². The molecule has 1 amide bonds. The van der Waals surface area contributed by atoms with Crippen molar-refractivity contribution in [2.24, 2.45) is 0 Å². The van der Waals surface area contributed by atoms with Crippen LogP contribution in [0.25, 0.3) is 16.5 Å². The van der Waals surface area contributed by atoms with Gasteiger partial charge in [-0.3, -0.25) is 14.6 Å². The molecule has 4 aromatic rings. The number of carbonyl (C=O) groups is 1. The summed E-state index contributed by atoms with van der Waals surface area (Å²) < 4.78 is 1.47. The number of hydrogen-bond acceptors (Lipinski definition) is 5. The highest BCUT2D eigenvalue weighted by Crippen LogP contribution is 2.27. The Kier molecular flexibility index (Phi) is 5.56. The first kappa shape index (κ1) is 20.7. The van der Waals surface area contributed by atoms with Gasteiger partial charge in [0.2, 0.25) is 5.95 Å². The number of aryl methyl sites for hydroxylation is 3. The molecule has 0 aliphatic rings. The third-order valence-electron chi connectivity index (χ3n) is 5.26. The van der Waals surface area contributed by atoms with Gasteiger partial charge in [0.05, 0.1) is 4.88 Å². The average Bonchev–Trinajstić information content (AvgIpc) is 3.39. The van der Waals surface area contributed by atoms with Crippen molar-refractivity contribution in [3.63, 3.8) is 0 Å². The lowest BCUT2D eigenvalue weighted by atomic mass is 10.1. The standard InChI is InChI=1S/C23H23N5O2S/c1-5-17-15(4)24-23(26-22(17)30)28-20(12-18(27-28)19-7-6-10-31-19)25-21(29)16-9-8-13(2)14(3)11-16/h6-12H,5H2,1-4H3,(H,25,29)(H,24,26,30). The van der Waals surface area contributed by atoms with Gasteiger partial charge < -0.3 is 5.32 Å². The monoisotopic (exact) mass is 433 g/mol. The smallest absolute Gasteiger partial charge is 0.256 e. The van der Waals surface area contributed by atoms with Crippen molar-refractivity contribution in [3.8, 4) is 16.5 Å². The third kappa shape index (κ3) is 4.06. The SMILES string of the molecule is CCc1c(C)nc(-n2nc(-c3cccs3)cc2NC(=O)c2ccc(C)c(C)c2)[nH]c1=O. The summed E-state index contributed by atoms with van der Waals surface area (Å²) in [6.45, 7) is 7.69. The molecular weight excluding hydrogens is 410 g/mol. The largest absolute Gasteiger partial charge is 0.306 e. The van der Waals surface area contributed by atoms with Crippen LogP contribution < -0.4 is 10.9 Å². The number of thiophene rings is 1. The van der Waals surface area contributed by atoms with E-state index in [4.69, 9.17) is 0 Å². The molecule has 158 valence electrons. The normalized spacial score (nSPS) is 11.0. The van der Waals surface area contributed by atoms with Gasteiger partial charge in [0.15, 0.2) is 0 Å². The minimum Gasteiger partial charge on any atom is -0.306 e. The molecule has 8 heteroatoms. The van der Waals surface area contributed by atoms with Crippen LogP contribution in [0.15, 0.2) is 46.6 Å². The fraction of sp³-hybridized carbons (Fsp3) is 0.217. The van der Waals surface area contributed by atoms with Crippen LogP contribution in [-0.2, 0) is 6.42 Å². The quantitative estimate of drug-likeness (QED) is 0.487. The Labute approximate surface area is 183 Å². The fourth-order valence-electron chi connectivity index (χ4n) is 3.36. The number of H-pyrrole nitrogens is 1. The number of anilines is 1. The summed E-state index contributed by atoms with van der Waals surface area (Å²) in [4.78, 5) is 33.7. The van der Waals surface area contributed by atoms with E-state index < -0.39 is 0 Å². The van der Waals surface area contributed by atoms with E-state index in [1.807, 2.05) is 50.4 Å². The van der Waals surface area contributed by atoms with E-state index in [0.717, 1.165) is 16.0 Å². The molecule has 31 heavy (non-hydrogen) atoms. The first-order chi connectivity index (χ1) is 14.9. The highest BCUT2D eigenvalue weighted by atomic mass is 32.1. The van der Waals surface area contributed by atoms with Crippen LogP contribution >= 0.6 is 11.3 Å². The van der Waals surface area contributed by atoms with Crippen LogP contribution in [0.2, 0.25) is 0 Å². The summed E-state index contributed by atoms with van der Waals surface area (Å²) >= 11 is 1.54. The summed E-state index contributed by atoms with van der Waals surface area (Å²) in [5.41, 5.74) is 4.46. The summed E-state index contributed by atoms with van der Waals surface area (Å²) in [7, 11) is 0. The van der Waals surface area contributed by atoms with Crippen LogP contribution in [0.1, 0.15) is 39.7 Å². The number of aromatic amines is 1. The Morgan fingerprint density at radius 3 is 2.61 bits per heavy atom. The van der Waals surface area contributed by atoms with Gasteiger partial charge in [0.1, 0.15) is 11.5 Å². The van der Waals surface area contributed by atoms with Crippen molar-refractivity contribution in [1.29, 1.82) is 0 Å². The lowest BCUT2D eigenvalue weighted by Crippen LogP contribution is -2.22. The second-order valence-corrected chi connectivity index (χ2v) is 8.31. The molecule has 0 atom stereocenters. The van der Waals surface area contributed by atoms with Gasteiger partial charge in [0.25, 0.3) is 11.5 Å². The van der Waals surface area contributed by atoms with Crippen molar-refractivity contribution < 1.29 is 4.79 Å². The Morgan fingerprint density at radius 2 is 1.97 bits per heavy atom. The Balaban J connectivity index is 1.79. The maximum atomic E-state index is 12.9. The number of aromatic nitrogens is 4. The zero-order valence-electron chi connectivity index (χ0n) is 17.8. The molecule has 7 nitrogen and oxygen atoms in total. The number of amides is 1. The van der Waals surface area contributed by atoms with Gasteiger partial charge >= 0.3 is 0 Å². The van der Waals surface area contributed by atoms with Gasteiger partial charge in [-0.1, -0.05) is 19.1 Å². The number of carbonyl (C=O) groups excluding carboxylic acids is 1. The molecule has 3 heterocycles. The minimum atomic E-state index is -0.258. The Bertz CT molecular complexity index is 1320. The number of hydrogen-bond donors (Lipinski definition) is 2. The molecular formula is C23H23N5O2S. The van der Waals surface area contributed by atoms with Crippen molar-refractivity contribution in [2.75, 3.05) is 5.32 Å². The van der Waals surface area contributed by atoms with E-state index >= 15 is 0 Å². The van der Waals surface area contributed by atoms with E-state index in [1.54, 1.807) is 30.4 Å². The summed E-state index contributed by atoms with van der Waals surface area (Å²) in [6, 6.07) is 11.2. The Hall–Kier alpha value is -3.52. The van der Waals surface area contributed by atoms with E-state index in [1.165, 1.54) is 4.68 Å². The van der Waals surface area contributed by atoms with Gasteiger partial charge in [-0.25, -0.2) is 4.98 Å². The maximum absolute atomic E-state index is 12.9. The summed E-state index contributed by atoms with van der Waals surface area (Å²) in [5, 5.41) is 9.51. The topological polar surface area (TPSA) is 92.7 Å². The first-order valence-electron chi connectivity index (χ1n) is 10.00. The molecule has 2 N–H and O–H groups in total. The minimum absolute atomic E-state index is 0.204. The van der Waals surface area contributed by atoms with Gasteiger partial charge in [-0.15, -0.1) is 11.3 Å². The maximum Gasteiger partial charge on any atom is 0.256 e. The van der Waals surface area contributed by atoms with E-state index in [9.17, 15) is 9.59 Å². The lowest BCUT2D eigenvalue weighted by molar-refractivity contribution is 0.102. The van der Waals surface area contributed by atoms with Crippen LogP contribution in [0.3, 0.4) is 0 Å². The number of benzene rings is 1. The molecule has 3 aromatic heterocycles. The molecule has 0 bridgehead atoms. The van der Waals surface area contributed by atoms with Crippen LogP contribution in [0, 0.1) is 20.8 Å². The highest BCUT2D eigenvalue weighted by molar-refractivity contribution is 7.13. The van der Waals surface area contributed by atoms with E-state index in [-0.39, 0.29) is 17.4 Å². The molecule has 0 aliphatic heterocycles. The third-order valence-corrected chi connectivity index (χ3v) is 6.15. The molecule has 0 saturated carbocycles. The summed E-state index contributed by atoms with van der Waals surface area (Å²) in [6.07, 6.45) is 0.588. The van der Waals surface area contributed by atoms with Crippen LogP contribution in [0.5, 0.6) is 0 Å². The van der Waals surface area contributed by atoms with Crippen molar-refractivity contribution in [2.45, 2.75) is 34.1 Å². The fourth-order valence-corrected chi connectivity index (χ4v) is 4.04. The molecule has 0 fully saturated rings. The predicted octanol–water partition coefficient (Wildman–Crippen LogP) is 4.42. The van der Waals surface area contributed by atoms with Crippen molar-refractivity contribution in [3.05, 3.63) is 80.1 Å². The number of rotatable bonds is 5. The molecule has 0 unspecified atom stereocenters. The highest BCUT2D eigenvalue weighted by Gasteiger charge is 2.18. The summed E-state index contributed by atoms with van der Waals surface area (Å²) in [5.74, 6) is 0.433. The molecule has 4 rings (SSSR count). The van der Waals surface area contributed by atoms with E-state index in [0.29, 0.717) is 34.8 Å². The molecule has 0 spiro atoms. The second-order valence-electron chi connectivity index (χ2n) is 7.36. The number of nitrogens with zero attached hydrogens (tertiary/aromatic N) is 3. The lowest BCUT2D eigenvalue weighted by Gasteiger charge is -2.10. The average molecular weight is 434 g/mol. The first-order valence-corrected chi connectivity index (χ1v) is 10.9. The van der Waals surface area contributed by atoms with Gasteiger partial charge in [0, 0.05) is 22.9 Å². The van der Waals surface area contributed by atoms with Crippen molar-refractivity contribution >= 4 is 23.1 Å². The zero-order valence-corrected chi connectivity index (χ0v) is 18.6. The second kappa shape index (κ2) is 8.31. The predicted molar refractivity (Wildman–Crippen MR) is 123 cm³/mol. The van der Waals surface area contributed by atoms with E-state index in [2.05, 4.69) is 20.4 Å².